The second kappa shape index (κ2) is 7.60. The van der Waals surface area contributed by atoms with Crippen LogP contribution in [0.3, 0.4) is 0 Å². The highest BCUT2D eigenvalue weighted by Crippen LogP contribution is 2.38. The second-order valence-electron chi connectivity index (χ2n) is 9.16. The molecule has 0 spiro atoms. The van der Waals surface area contributed by atoms with Crippen LogP contribution in [0.25, 0.3) is 10.9 Å². The molecule has 0 radical (unpaired) electrons. The minimum absolute atomic E-state index is 0.0737. The fourth-order valence-corrected chi connectivity index (χ4v) is 5.26. The number of H-pyrrole nitrogens is 1. The smallest absolute Gasteiger partial charge is 0.226 e. The van der Waals surface area contributed by atoms with Crippen LogP contribution in [-0.2, 0) is 22.6 Å². The standard InChI is InChI=1S/C24H28N4O3/c1-31-20-8-4-7-15-18-13-28(12-9-19(18)26-21(15)20)23(30)17-6-3-2-5-16(17)22(29)27-24(14-25)10-11-24/h4,7-8,16-17,26H,2-3,5-6,9-13H2,1H3,(H,27,29)/t16-,17?/m1/s1. The number of hydrogen-bond acceptors (Lipinski definition) is 4. The van der Waals surface area contributed by atoms with Crippen molar-refractivity contribution in [3.8, 4) is 11.8 Å². The molecule has 5 rings (SSSR count). The van der Waals surface area contributed by atoms with Crippen LogP contribution in [-0.4, -0.2) is 40.9 Å². The lowest BCUT2D eigenvalue weighted by Crippen LogP contribution is -2.48. The molecule has 1 aromatic heterocycles. The highest BCUT2D eigenvalue weighted by molar-refractivity contribution is 5.92. The zero-order valence-electron chi connectivity index (χ0n) is 17.9. The number of nitrogens with zero attached hydrogens (tertiary/aromatic N) is 2. The summed E-state index contributed by atoms with van der Waals surface area (Å²) >= 11 is 0. The Morgan fingerprint density at radius 2 is 2.03 bits per heavy atom. The van der Waals surface area contributed by atoms with E-state index in [9.17, 15) is 14.9 Å². The zero-order chi connectivity index (χ0) is 21.6. The van der Waals surface area contributed by atoms with Crippen LogP contribution in [0.5, 0.6) is 5.75 Å². The maximum atomic E-state index is 13.6. The first-order valence-electron chi connectivity index (χ1n) is 11.2. The number of nitrogens with one attached hydrogen (secondary N) is 2. The molecular formula is C24H28N4O3. The molecule has 2 saturated carbocycles. The van der Waals surface area contributed by atoms with Gasteiger partial charge in [-0.1, -0.05) is 25.0 Å². The number of hydrogen-bond donors (Lipinski definition) is 2. The topological polar surface area (TPSA) is 98.2 Å². The lowest BCUT2D eigenvalue weighted by Gasteiger charge is -2.36. The van der Waals surface area contributed by atoms with Crippen molar-refractivity contribution in [2.24, 2.45) is 11.8 Å². The van der Waals surface area contributed by atoms with Crippen LogP contribution < -0.4 is 10.1 Å². The molecule has 3 aliphatic rings. The van der Waals surface area contributed by atoms with Gasteiger partial charge in [-0.05, 0) is 31.7 Å². The van der Waals surface area contributed by atoms with Gasteiger partial charge in [0.15, 0.2) is 0 Å². The lowest BCUT2D eigenvalue weighted by molar-refractivity contribution is -0.144. The third-order valence-electron chi connectivity index (χ3n) is 7.25. The number of amides is 2. The summed E-state index contributed by atoms with van der Waals surface area (Å²) in [5, 5.41) is 13.4. The number of carbonyl (C=O) groups excluding carboxylic acids is 2. The minimum Gasteiger partial charge on any atom is -0.495 e. The van der Waals surface area contributed by atoms with Gasteiger partial charge in [-0.3, -0.25) is 9.59 Å². The van der Waals surface area contributed by atoms with E-state index in [0.29, 0.717) is 32.4 Å². The second-order valence-corrected chi connectivity index (χ2v) is 9.16. The Morgan fingerprint density at radius 1 is 1.26 bits per heavy atom. The fraction of sp³-hybridized carbons (Fsp3) is 0.542. The molecule has 2 N–H and O–H groups in total. The maximum Gasteiger partial charge on any atom is 0.226 e. The summed E-state index contributed by atoms with van der Waals surface area (Å²) in [6, 6.07) is 8.20. The highest BCUT2D eigenvalue weighted by Gasteiger charge is 2.47. The predicted molar refractivity (Wildman–Crippen MR) is 115 cm³/mol. The summed E-state index contributed by atoms with van der Waals surface area (Å²) < 4.78 is 5.49. The number of methoxy groups -OCH3 is 1. The van der Waals surface area contributed by atoms with Gasteiger partial charge in [0.05, 0.1) is 18.7 Å². The number of rotatable bonds is 4. The van der Waals surface area contributed by atoms with Gasteiger partial charge in [0.1, 0.15) is 11.3 Å². The molecule has 2 heterocycles. The first kappa shape index (κ1) is 19.9. The van der Waals surface area contributed by atoms with Gasteiger partial charge >= 0.3 is 0 Å². The molecule has 0 bridgehead atoms. The van der Waals surface area contributed by atoms with Crippen molar-refractivity contribution in [3.05, 3.63) is 29.5 Å². The third-order valence-corrected chi connectivity index (χ3v) is 7.25. The third kappa shape index (κ3) is 3.44. The minimum atomic E-state index is -0.689. The Balaban J connectivity index is 1.36. The molecule has 7 nitrogen and oxygen atoms in total. The van der Waals surface area contributed by atoms with E-state index in [2.05, 4.69) is 22.4 Å². The van der Waals surface area contributed by atoms with Gasteiger partial charge in [-0.25, -0.2) is 0 Å². The fourth-order valence-electron chi connectivity index (χ4n) is 5.26. The maximum absolute atomic E-state index is 13.6. The van der Waals surface area contributed by atoms with Crippen LogP contribution in [0.4, 0.5) is 0 Å². The molecule has 2 atom stereocenters. The summed E-state index contributed by atoms with van der Waals surface area (Å²) in [6.07, 6.45) is 5.55. The van der Waals surface area contributed by atoms with E-state index < -0.39 is 5.54 Å². The molecule has 1 unspecified atom stereocenters. The first-order chi connectivity index (χ1) is 15.0. The number of aromatic amines is 1. The summed E-state index contributed by atoms with van der Waals surface area (Å²) in [6.45, 7) is 1.20. The number of ether oxygens (including phenoxy) is 1. The number of aromatic nitrogens is 1. The van der Waals surface area contributed by atoms with E-state index in [0.717, 1.165) is 53.6 Å². The first-order valence-corrected chi connectivity index (χ1v) is 11.2. The van der Waals surface area contributed by atoms with Gasteiger partial charge in [0.2, 0.25) is 11.8 Å². The van der Waals surface area contributed by atoms with Crippen LogP contribution in [0.15, 0.2) is 18.2 Å². The highest BCUT2D eigenvalue weighted by atomic mass is 16.5. The molecule has 162 valence electrons. The van der Waals surface area contributed by atoms with Crippen molar-refractivity contribution < 1.29 is 14.3 Å². The van der Waals surface area contributed by atoms with E-state index in [-0.39, 0.29) is 23.7 Å². The average Bonchev–Trinajstić information content (AvgIpc) is 3.48. The molecule has 1 aromatic carbocycles. The number of carbonyl (C=O) groups is 2. The normalized spacial score (nSPS) is 24.2. The van der Waals surface area contributed by atoms with Crippen LogP contribution in [0.2, 0.25) is 0 Å². The van der Waals surface area contributed by atoms with Gasteiger partial charge in [-0.2, -0.15) is 5.26 Å². The molecule has 0 saturated heterocycles. The molecule has 2 fully saturated rings. The van der Waals surface area contributed by atoms with Crippen molar-refractivity contribution >= 4 is 22.7 Å². The van der Waals surface area contributed by atoms with Crippen LogP contribution in [0.1, 0.15) is 49.8 Å². The van der Waals surface area contributed by atoms with Gasteiger partial charge in [0.25, 0.3) is 0 Å². The molecule has 1 aliphatic heterocycles. The average molecular weight is 421 g/mol. The van der Waals surface area contributed by atoms with E-state index in [1.807, 2.05) is 17.0 Å². The van der Waals surface area contributed by atoms with E-state index in [1.54, 1.807) is 7.11 Å². The Bertz CT molecular complexity index is 1080. The number of fused-ring (bicyclic) bond motifs is 3. The van der Waals surface area contributed by atoms with Crippen molar-refractivity contribution in [2.75, 3.05) is 13.7 Å². The van der Waals surface area contributed by atoms with E-state index in [4.69, 9.17) is 4.74 Å². The molecule has 2 amide bonds. The largest absolute Gasteiger partial charge is 0.495 e. The number of para-hydroxylation sites is 1. The van der Waals surface area contributed by atoms with Gasteiger partial charge in [-0.15, -0.1) is 0 Å². The monoisotopic (exact) mass is 420 g/mol. The van der Waals surface area contributed by atoms with E-state index in [1.165, 1.54) is 0 Å². The summed E-state index contributed by atoms with van der Waals surface area (Å²) in [5.41, 5.74) is 2.59. The predicted octanol–water partition coefficient (Wildman–Crippen LogP) is 3.04. The van der Waals surface area contributed by atoms with Crippen LogP contribution in [0, 0.1) is 23.2 Å². The molecule has 2 aliphatic carbocycles. The van der Waals surface area contributed by atoms with Crippen molar-refractivity contribution in [1.29, 1.82) is 5.26 Å². The Morgan fingerprint density at radius 3 is 2.74 bits per heavy atom. The molecule has 7 heteroatoms. The van der Waals surface area contributed by atoms with Crippen molar-refractivity contribution in [3.63, 3.8) is 0 Å². The van der Waals surface area contributed by atoms with Crippen LogP contribution >= 0.6 is 0 Å². The SMILES string of the molecule is COc1cccc2c3c([nH]c12)CCN(C(=O)C1CCCC[C@H]1C(=O)NC1(C#N)CC1)C3. The van der Waals surface area contributed by atoms with Gasteiger partial charge in [0, 0.05) is 48.0 Å². The molecular weight excluding hydrogens is 392 g/mol. The quantitative estimate of drug-likeness (QED) is 0.794. The lowest BCUT2D eigenvalue weighted by atomic mass is 9.77. The number of nitriles is 1. The molecule has 31 heavy (non-hydrogen) atoms. The Kier molecular flexibility index (Phi) is 4.88. The summed E-state index contributed by atoms with van der Waals surface area (Å²) in [5.74, 6) is 0.123. The van der Waals surface area contributed by atoms with Gasteiger partial charge < -0.3 is 19.9 Å². The van der Waals surface area contributed by atoms with Crippen molar-refractivity contribution in [1.82, 2.24) is 15.2 Å². The number of benzene rings is 1. The van der Waals surface area contributed by atoms with E-state index >= 15 is 0 Å². The summed E-state index contributed by atoms with van der Waals surface area (Å²) in [4.78, 5) is 31.9. The Hall–Kier alpha value is -3.01. The van der Waals surface area contributed by atoms with Crippen molar-refractivity contribution in [2.45, 2.75) is 57.0 Å². The molecule has 2 aromatic rings. The summed E-state index contributed by atoms with van der Waals surface area (Å²) in [7, 11) is 1.66. The Labute approximate surface area is 181 Å². The zero-order valence-corrected chi connectivity index (χ0v) is 17.9.